The molecule has 8 nitrogen and oxygen atoms in total. The summed E-state index contributed by atoms with van der Waals surface area (Å²) >= 11 is 0. The van der Waals surface area contributed by atoms with Gasteiger partial charge in [-0.3, -0.25) is 0 Å². The van der Waals surface area contributed by atoms with Crippen LogP contribution in [-0.2, 0) is 0 Å². The van der Waals surface area contributed by atoms with Crippen LogP contribution < -0.4 is 15.8 Å². The highest BCUT2D eigenvalue weighted by Gasteiger charge is 2.02. The molecular weight excluding hydrogens is 258 g/mol. The zero-order valence-electron chi connectivity index (χ0n) is 10.6. The molecule has 3 N–H and O–H groups in total. The van der Waals surface area contributed by atoms with Gasteiger partial charge in [0.1, 0.15) is 12.4 Å². The lowest BCUT2D eigenvalue weighted by Gasteiger charge is -2.08. The minimum atomic E-state index is 0.481. The predicted molar refractivity (Wildman–Crippen MR) is 72.9 cm³/mol. The first-order valence-electron chi connectivity index (χ1n) is 6.10. The number of tetrazole rings is 1. The number of benzene rings is 1. The molecule has 0 radical (unpaired) electrons. The second kappa shape index (κ2) is 5.49. The summed E-state index contributed by atoms with van der Waals surface area (Å²) in [5.74, 6) is 1.39. The lowest BCUT2D eigenvalue weighted by atomic mass is 10.3. The second-order valence-corrected chi connectivity index (χ2v) is 4.04. The molecule has 0 aliphatic rings. The number of nitrogens with zero attached hydrogens (tertiary/aromatic N) is 5. The van der Waals surface area contributed by atoms with Gasteiger partial charge in [0.05, 0.1) is 0 Å². The van der Waals surface area contributed by atoms with Crippen LogP contribution in [-0.4, -0.2) is 38.4 Å². The zero-order valence-corrected chi connectivity index (χ0v) is 10.6. The first kappa shape index (κ1) is 12.3. The van der Waals surface area contributed by atoms with Crippen molar-refractivity contribution in [3.8, 4) is 5.75 Å². The standard InChI is InChI=1S/C12H13N7O/c13-6-7-20-10-3-1-2-9(8-10)14-11-4-5-12-15-17-18-19(12)16-11/h1-5,8H,6-7,13H2,(H,14,16). The topological polar surface area (TPSA) is 103 Å². The maximum atomic E-state index is 5.47. The fourth-order valence-corrected chi connectivity index (χ4v) is 1.70. The average molecular weight is 271 g/mol. The third-order valence-corrected chi connectivity index (χ3v) is 2.56. The molecule has 3 aromatic rings. The predicted octanol–water partition coefficient (Wildman–Crippen LogP) is 0.600. The number of nitrogens with two attached hydrogens (primary N) is 1. The fraction of sp³-hybridized carbons (Fsp3) is 0.167. The molecule has 8 heteroatoms. The fourth-order valence-electron chi connectivity index (χ4n) is 1.70. The van der Waals surface area contributed by atoms with Crippen LogP contribution >= 0.6 is 0 Å². The quantitative estimate of drug-likeness (QED) is 0.700. The molecule has 0 unspecified atom stereocenters. The van der Waals surface area contributed by atoms with E-state index in [-0.39, 0.29) is 0 Å². The van der Waals surface area contributed by atoms with Crippen LogP contribution in [0.15, 0.2) is 36.4 Å². The van der Waals surface area contributed by atoms with Crippen molar-refractivity contribution in [2.24, 2.45) is 5.73 Å². The normalized spacial score (nSPS) is 10.7. The van der Waals surface area contributed by atoms with Crippen molar-refractivity contribution in [2.45, 2.75) is 0 Å². The van der Waals surface area contributed by atoms with Crippen molar-refractivity contribution in [3.05, 3.63) is 36.4 Å². The highest BCUT2D eigenvalue weighted by Crippen LogP contribution is 2.20. The van der Waals surface area contributed by atoms with Gasteiger partial charge < -0.3 is 15.8 Å². The zero-order chi connectivity index (χ0) is 13.8. The van der Waals surface area contributed by atoms with Crippen molar-refractivity contribution in [1.82, 2.24) is 25.3 Å². The summed E-state index contributed by atoms with van der Waals surface area (Å²) in [6.07, 6.45) is 0. The Hall–Kier alpha value is -2.74. The van der Waals surface area contributed by atoms with Crippen LogP contribution in [0.4, 0.5) is 11.5 Å². The summed E-state index contributed by atoms with van der Waals surface area (Å²) in [5, 5.41) is 18.5. The summed E-state index contributed by atoms with van der Waals surface area (Å²) in [7, 11) is 0. The van der Waals surface area contributed by atoms with Crippen molar-refractivity contribution >= 4 is 17.2 Å². The highest BCUT2D eigenvalue weighted by molar-refractivity contribution is 5.58. The number of rotatable bonds is 5. The van der Waals surface area contributed by atoms with Gasteiger partial charge in [0.2, 0.25) is 0 Å². The summed E-state index contributed by atoms with van der Waals surface area (Å²) in [6.45, 7) is 0.966. The highest BCUT2D eigenvalue weighted by atomic mass is 16.5. The second-order valence-electron chi connectivity index (χ2n) is 4.04. The van der Waals surface area contributed by atoms with Crippen molar-refractivity contribution in [3.63, 3.8) is 0 Å². The molecule has 0 aliphatic heterocycles. The van der Waals surface area contributed by atoms with Crippen LogP contribution in [0.3, 0.4) is 0 Å². The molecule has 0 saturated carbocycles. The number of nitrogens with one attached hydrogen (secondary N) is 1. The van der Waals surface area contributed by atoms with Gasteiger partial charge in [-0.05, 0) is 34.7 Å². The maximum absolute atomic E-state index is 5.47. The SMILES string of the molecule is NCCOc1cccc(Nc2ccc3nnnn3n2)c1. The molecule has 2 heterocycles. The molecule has 0 aliphatic carbocycles. The van der Waals surface area contributed by atoms with Crippen LogP contribution in [0.5, 0.6) is 5.75 Å². The van der Waals surface area contributed by atoms with Gasteiger partial charge in [-0.1, -0.05) is 6.07 Å². The maximum Gasteiger partial charge on any atom is 0.200 e. The first-order valence-corrected chi connectivity index (χ1v) is 6.10. The van der Waals surface area contributed by atoms with E-state index in [1.165, 1.54) is 4.63 Å². The van der Waals surface area contributed by atoms with Gasteiger partial charge in [0.15, 0.2) is 11.5 Å². The van der Waals surface area contributed by atoms with Crippen LogP contribution in [0.2, 0.25) is 0 Å². The van der Waals surface area contributed by atoms with Gasteiger partial charge in [-0.25, -0.2) is 0 Å². The third-order valence-electron chi connectivity index (χ3n) is 2.56. The lowest BCUT2D eigenvalue weighted by molar-refractivity contribution is 0.328. The first-order chi connectivity index (χ1) is 9.85. The minimum absolute atomic E-state index is 0.481. The molecule has 0 spiro atoms. The molecule has 0 saturated heterocycles. The van der Waals surface area contributed by atoms with Crippen molar-refractivity contribution in [2.75, 3.05) is 18.5 Å². The van der Waals surface area contributed by atoms with Gasteiger partial charge in [-0.15, -0.1) is 14.8 Å². The smallest absolute Gasteiger partial charge is 0.200 e. The molecule has 1 aromatic carbocycles. The van der Waals surface area contributed by atoms with Gasteiger partial charge in [0.25, 0.3) is 0 Å². The van der Waals surface area contributed by atoms with E-state index < -0.39 is 0 Å². The van der Waals surface area contributed by atoms with Crippen LogP contribution in [0.1, 0.15) is 0 Å². The number of fused-ring (bicyclic) bond motifs is 1. The molecule has 20 heavy (non-hydrogen) atoms. The monoisotopic (exact) mass is 271 g/mol. The molecule has 0 amide bonds. The van der Waals surface area contributed by atoms with Crippen LogP contribution in [0.25, 0.3) is 5.65 Å². The molecule has 102 valence electrons. The molecular formula is C12H13N7O. The minimum Gasteiger partial charge on any atom is -0.492 e. The Morgan fingerprint density at radius 3 is 3.10 bits per heavy atom. The Balaban J connectivity index is 1.79. The number of hydrogen-bond acceptors (Lipinski definition) is 7. The summed E-state index contributed by atoms with van der Waals surface area (Å²) in [6, 6.07) is 11.1. The Morgan fingerprint density at radius 1 is 1.25 bits per heavy atom. The number of aromatic nitrogens is 5. The Bertz CT molecular complexity index is 712. The lowest BCUT2D eigenvalue weighted by Crippen LogP contribution is -2.10. The Morgan fingerprint density at radius 2 is 2.20 bits per heavy atom. The molecule has 0 fully saturated rings. The third kappa shape index (κ3) is 2.64. The molecule has 0 atom stereocenters. The summed E-state index contributed by atoms with van der Waals surface area (Å²) in [5.41, 5.74) is 6.86. The number of anilines is 2. The van der Waals surface area contributed by atoms with Crippen molar-refractivity contribution < 1.29 is 4.74 Å². The van der Waals surface area contributed by atoms with E-state index in [1.54, 1.807) is 12.1 Å². The molecule has 0 bridgehead atoms. The van der Waals surface area contributed by atoms with E-state index >= 15 is 0 Å². The van der Waals surface area contributed by atoms with Gasteiger partial charge >= 0.3 is 0 Å². The molecule has 3 rings (SSSR count). The summed E-state index contributed by atoms with van der Waals surface area (Å²) < 4.78 is 6.83. The van der Waals surface area contributed by atoms with E-state index in [9.17, 15) is 0 Å². The Labute approximate surface area is 114 Å². The largest absolute Gasteiger partial charge is 0.492 e. The summed E-state index contributed by atoms with van der Waals surface area (Å²) in [4.78, 5) is 0. The van der Waals surface area contributed by atoms with E-state index in [0.29, 0.717) is 24.6 Å². The van der Waals surface area contributed by atoms with Gasteiger partial charge in [-0.2, -0.15) is 0 Å². The van der Waals surface area contributed by atoms with E-state index in [1.807, 2.05) is 24.3 Å². The Kier molecular flexibility index (Phi) is 3.38. The number of hydrogen-bond donors (Lipinski definition) is 2. The van der Waals surface area contributed by atoms with E-state index in [4.69, 9.17) is 10.5 Å². The molecule has 2 aromatic heterocycles. The van der Waals surface area contributed by atoms with Crippen LogP contribution in [0, 0.1) is 0 Å². The van der Waals surface area contributed by atoms with E-state index in [0.717, 1.165) is 11.4 Å². The van der Waals surface area contributed by atoms with Gasteiger partial charge in [0, 0.05) is 18.3 Å². The van der Waals surface area contributed by atoms with Crippen molar-refractivity contribution in [1.29, 1.82) is 0 Å². The number of ether oxygens (including phenoxy) is 1. The average Bonchev–Trinajstić information content (AvgIpc) is 2.93. The van der Waals surface area contributed by atoms with E-state index in [2.05, 4.69) is 25.9 Å².